The third-order valence-electron chi connectivity index (χ3n) is 8.39. The Morgan fingerprint density at radius 2 is 1.61 bits per heavy atom. The summed E-state index contributed by atoms with van der Waals surface area (Å²) in [6, 6.07) is 7.75. The number of urea groups is 1. The number of anilines is 1. The van der Waals surface area contributed by atoms with E-state index in [1.807, 2.05) is 17.0 Å². The van der Waals surface area contributed by atoms with Crippen LogP contribution < -0.4 is 28.2 Å². The second kappa shape index (κ2) is 11.2. The monoisotopic (exact) mass is 565 g/mol. The fourth-order valence-corrected chi connectivity index (χ4v) is 5.93. The molecule has 4 amide bonds. The van der Waals surface area contributed by atoms with Crippen LogP contribution in [0.2, 0.25) is 0 Å². The SMILES string of the molecule is CC(C)(N)C(=O)N1CCN(C(=O)Nc2ccn(-c3ccc(C[C@H](N)C(=O)N4CC5C(CN)C5C4)cc3)c(=O)n2)CC1. The smallest absolute Gasteiger partial charge is 0.341 e. The van der Waals surface area contributed by atoms with E-state index < -0.39 is 23.3 Å². The van der Waals surface area contributed by atoms with E-state index in [4.69, 9.17) is 17.2 Å². The lowest BCUT2D eigenvalue weighted by molar-refractivity contribution is -0.137. The van der Waals surface area contributed by atoms with Gasteiger partial charge in [-0.1, -0.05) is 12.1 Å². The molecule has 13 nitrogen and oxygen atoms in total. The number of benzene rings is 1. The number of nitrogens with one attached hydrogen (secondary N) is 1. The summed E-state index contributed by atoms with van der Waals surface area (Å²) in [5, 5.41) is 2.66. The highest BCUT2D eigenvalue weighted by Gasteiger charge is 2.55. The molecule has 1 aromatic heterocycles. The number of carbonyl (C=O) groups is 3. The van der Waals surface area contributed by atoms with Crippen molar-refractivity contribution in [3.8, 4) is 5.69 Å². The maximum absolute atomic E-state index is 12.8. The minimum atomic E-state index is -0.965. The molecule has 220 valence electrons. The fraction of sp³-hybridized carbons (Fsp3) is 0.536. The average molecular weight is 566 g/mol. The Morgan fingerprint density at radius 1 is 1.00 bits per heavy atom. The molecule has 5 rings (SSSR count). The second-order valence-corrected chi connectivity index (χ2v) is 11.8. The van der Waals surface area contributed by atoms with E-state index in [0.717, 1.165) is 18.7 Å². The van der Waals surface area contributed by atoms with E-state index in [2.05, 4.69) is 10.3 Å². The van der Waals surface area contributed by atoms with E-state index in [9.17, 15) is 19.2 Å². The molecule has 13 heteroatoms. The molecule has 3 heterocycles. The molecular weight excluding hydrogens is 526 g/mol. The molecule has 1 saturated carbocycles. The Labute approximate surface area is 238 Å². The van der Waals surface area contributed by atoms with Gasteiger partial charge in [-0.25, -0.2) is 9.59 Å². The normalized spacial score (nSPS) is 22.8. The van der Waals surface area contributed by atoms with Gasteiger partial charge >= 0.3 is 11.7 Å². The van der Waals surface area contributed by atoms with Crippen molar-refractivity contribution in [2.45, 2.75) is 31.8 Å². The number of rotatable bonds is 7. The summed E-state index contributed by atoms with van der Waals surface area (Å²) in [6.07, 6.45) is 1.94. The van der Waals surface area contributed by atoms with Gasteiger partial charge in [0, 0.05) is 45.5 Å². The van der Waals surface area contributed by atoms with Crippen LogP contribution in [0.15, 0.2) is 41.3 Å². The summed E-state index contributed by atoms with van der Waals surface area (Å²) in [7, 11) is 0. The number of piperazine rings is 1. The Balaban J connectivity index is 1.13. The van der Waals surface area contributed by atoms with E-state index in [1.54, 1.807) is 48.0 Å². The van der Waals surface area contributed by atoms with Gasteiger partial charge in [-0.3, -0.25) is 19.5 Å². The molecule has 7 N–H and O–H groups in total. The van der Waals surface area contributed by atoms with Crippen LogP contribution in [-0.2, 0) is 16.0 Å². The number of nitrogens with two attached hydrogens (primary N) is 3. The molecule has 0 bridgehead atoms. The van der Waals surface area contributed by atoms with Gasteiger partial charge in [0.2, 0.25) is 11.8 Å². The summed E-state index contributed by atoms with van der Waals surface area (Å²) in [5.74, 6) is 1.54. The zero-order chi connectivity index (χ0) is 29.5. The standard InChI is InChI=1S/C28H39N9O4/c1-28(2,31)25(39)34-9-11-35(12-10-34)26(40)32-23-7-8-37(27(41)33-23)18-5-3-17(4-6-18)13-22(30)24(38)36-15-20-19(14-29)21(20)16-36/h3-8,19-22H,9-16,29-31H2,1-2H3,(H,32,33,40,41)/t19?,20?,21?,22-/m0/s1. The minimum Gasteiger partial charge on any atom is -0.341 e. The molecule has 0 spiro atoms. The number of hydrogen-bond acceptors (Lipinski definition) is 8. The van der Waals surface area contributed by atoms with Crippen LogP contribution in [0, 0.1) is 17.8 Å². The molecule has 3 fully saturated rings. The lowest BCUT2D eigenvalue weighted by Gasteiger charge is -2.37. The van der Waals surface area contributed by atoms with E-state index in [1.165, 1.54) is 4.57 Å². The molecule has 41 heavy (non-hydrogen) atoms. The molecule has 1 aromatic carbocycles. The molecule has 2 aliphatic heterocycles. The zero-order valence-electron chi connectivity index (χ0n) is 23.5. The predicted octanol–water partition coefficient (Wildman–Crippen LogP) is -0.821. The first-order valence-corrected chi connectivity index (χ1v) is 14.0. The van der Waals surface area contributed by atoms with Gasteiger partial charge in [0.15, 0.2) is 0 Å². The van der Waals surface area contributed by atoms with Crippen molar-refractivity contribution in [1.82, 2.24) is 24.3 Å². The molecule has 3 atom stereocenters. The largest absolute Gasteiger partial charge is 0.354 e. The first-order valence-electron chi connectivity index (χ1n) is 14.0. The van der Waals surface area contributed by atoms with Gasteiger partial charge in [-0.15, -0.1) is 0 Å². The molecule has 2 unspecified atom stereocenters. The summed E-state index contributed by atoms with van der Waals surface area (Å²) >= 11 is 0. The van der Waals surface area contributed by atoms with Gasteiger partial charge < -0.3 is 31.9 Å². The highest BCUT2D eigenvalue weighted by molar-refractivity contribution is 5.89. The Morgan fingerprint density at radius 3 is 2.17 bits per heavy atom. The van der Waals surface area contributed by atoms with E-state index in [-0.39, 0.29) is 17.6 Å². The van der Waals surface area contributed by atoms with Crippen LogP contribution in [0.25, 0.3) is 5.69 Å². The third kappa shape index (κ3) is 6.11. The molecule has 3 aliphatic rings. The number of hydrogen-bond donors (Lipinski definition) is 4. The Kier molecular flexibility index (Phi) is 7.86. The van der Waals surface area contributed by atoms with Crippen LogP contribution in [0.1, 0.15) is 19.4 Å². The van der Waals surface area contributed by atoms with Gasteiger partial charge in [0.05, 0.1) is 17.3 Å². The van der Waals surface area contributed by atoms with Crippen LogP contribution in [0.5, 0.6) is 0 Å². The second-order valence-electron chi connectivity index (χ2n) is 11.8. The molecule has 2 aromatic rings. The lowest BCUT2D eigenvalue weighted by Crippen LogP contribution is -2.58. The van der Waals surface area contributed by atoms with Gasteiger partial charge in [0.1, 0.15) is 5.82 Å². The number of fused-ring (bicyclic) bond motifs is 1. The van der Waals surface area contributed by atoms with Gasteiger partial charge in [-0.05, 0) is 68.3 Å². The predicted molar refractivity (Wildman–Crippen MR) is 153 cm³/mol. The maximum atomic E-state index is 12.8. The molecule has 1 aliphatic carbocycles. The minimum absolute atomic E-state index is 0.0371. The van der Waals surface area contributed by atoms with Crippen molar-refractivity contribution >= 4 is 23.7 Å². The fourth-order valence-electron chi connectivity index (χ4n) is 5.93. The van der Waals surface area contributed by atoms with Gasteiger partial charge in [-0.2, -0.15) is 4.98 Å². The number of nitrogens with zero attached hydrogens (tertiary/aromatic N) is 5. The van der Waals surface area contributed by atoms with Crippen LogP contribution in [0.3, 0.4) is 0 Å². The van der Waals surface area contributed by atoms with Crippen molar-refractivity contribution in [3.63, 3.8) is 0 Å². The van der Waals surface area contributed by atoms with Crippen molar-refractivity contribution in [1.29, 1.82) is 0 Å². The van der Waals surface area contributed by atoms with Crippen LogP contribution >= 0.6 is 0 Å². The van der Waals surface area contributed by atoms with Gasteiger partial charge in [0.25, 0.3) is 0 Å². The first kappa shape index (κ1) is 28.7. The summed E-state index contributed by atoms with van der Waals surface area (Å²) in [5.41, 5.74) is 17.9. The highest BCUT2D eigenvalue weighted by Crippen LogP contribution is 2.50. The van der Waals surface area contributed by atoms with E-state index in [0.29, 0.717) is 62.6 Å². The number of piperidine rings is 1. The van der Waals surface area contributed by atoms with Crippen LogP contribution in [-0.4, -0.2) is 99.5 Å². The Hall–Kier alpha value is -3.81. The number of amides is 4. The average Bonchev–Trinajstić information content (AvgIpc) is 3.42. The Bertz CT molecular complexity index is 1350. The highest BCUT2D eigenvalue weighted by atomic mass is 16.2. The zero-order valence-corrected chi connectivity index (χ0v) is 23.5. The molecular formula is C28H39N9O4. The van der Waals surface area contributed by atoms with E-state index >= 15 is 0 Å². The lowest BCUT2D eigenvalue weighted by atomic mass is 10.0. The summed E-state index contributed by atoms with van der Waals surface area (Å²) < 4.78 is 1.37. The maximum Gasteiger partial charge on any atom is 0.354 e. The molecule has 0 radical (unpaired) electrons. The van der Waals surface area contributed by atoms with Crippen molar-refractivity contribution in [2.75, 3.05) is 51.1 Å². The summed E-state index contributed by atoms with van der Waals surface area (Å²) in [6.45, 7) is 6.94. The van der Waals surface area contributed by atoms with Crippen molar-refractivity contribution < 1.29 is 14.4 Å². The topological polar surface area (TPSA) is 186 Å². The number of likely N-dealkylation sites (tertiary alicyclic amines) is 1. The quantitative estimate of drug-likeness (QED) is 0.335. The third-order valence-corrected chi connectivity index (χ3v) is 8.39. The number of carbonyl (C=O) groups excluding carboxylic acids is 3. The van der Waals surface area contributed by atoms with Crippen molar-refractivity contribution in [3.05, 3.63) is 52.6 Å². The molecule has 2 saturated heterocycles. The first-order chi connectivity index (χ1) is 19.5. The summed E-state index contributed by atoms with van der Waals surface area (Å²) in [4.78, 5) is 59.7. The van der Waals surface area contributed by atoms with Crippen molar-refractivity contribution in [2.24, 2.45) is 35.0 Å². The number of aromatic nitrogens is 2. The van der Waals surface area contributed by atoms with Crippen LogP contribution in [0.4, 0.5) is 10.6 Å².